The maximum absolute atomic E-state index is 11.4. The van der Waals surface area contributed by atoms with Crippen LogP contribution in [0.3, 0.4) is 0 Å². The number of hydrogen-bond acceptors (Lipinski definition) is 6. The number of aryl methyl sites for hydroxylation is 1. The van der Waals surface area contributed by atoms with Gasteiger partial charge < -0.3 is 0 Å². The fraction of sp³-hybridized carbons (Fsp3) is 0.269. The molecule has 0 spiro atoms. The standard InChI is InChI=1S/C26H24ClNO6S4/c27-18-9-11-22-21(15-18)28(12-4-14-38(32,33)34)25(36-22)16-24-20(7-3-13-37(29,30)31)26-19-6-2-1-5-17(19)8-10-23(26)35-24/h1-2,5-6,8-11,15-16,20H,3-4,7,12-14H2,(H-,29,30,31,32,33,34)/p+1. The zero-order valence-corrected chi connectivity index (χ0v) is 24.1. The van der Waals surface area contributed by atoms with Crippen molar-refractivity contribution in [2.45, 2.75) is 36.6 Å². The van der Waals surface area contributed by atoms with Gasteiger partial charge in [-0.2, -0.15) is 21.4 Å². The van der Waals surface area contributed by atoms with E-state index in [0.717, 1.165) is 41.4 Å². The van der Waals surface area contributed by atoms with E-state index in [0.29, 0.717) is 24.4 Å². The summed E-state index contributed by atoms with van der Waals surface area (Å²) in [5.74, 6) is -0.723. The van der Waals surface area contributed by atoms with Gasteiger partial charge in [0.25, 0.3) is 25.2 Å². The van der Waals surface area contributed by atoms with Crippen molar-refractivity contribution in [2.75, 3.05) is 11.5 Å². The van der Waals surface area contributed by atoms with Crippen LogP contribution in [0.25, 0.3) is 27.1 Å². The average Bonchev–Trinajstić information content (AvgIpc) is 3.35. The lowest BCUT2D eigenvalue weighted by atomic mass is 9.90. The third kappa shape index (κ3) is 6.25. The molecule has 0 saturated carbocycles. The van der Waals surface area contributed by atoms with E-state index in [9.17, 15) is 25.9 Å². The highest BCUT2D eigenvalue weighted by Gasteiger charge is 2.32. The van der Waals surface area contributed by atoms with Gasteiger partial charge in [-0.25, -0.2) is 0 Å². The first-order valence-electron chi connectivity index (χ1n) is 11.9. The summed E-state index contributed by atoms with van der Waals surface area (Å²) in [4.78, 5) is 2.15. The molecule has 0 aliphatic carbocycles. The molecule has 1 aliphatic heterocycles. The van der Waals surface area contributed by atoms with Gasteiger partial charge in [0.15, 0.2) is 6.54 Å². The minimum Gasteiger partial charge on any atom is -0.286 e. The van der Waals surface area contributed by atoms with Crippen LogP contribution in [0.5, 0.6) is 0 Å². The zero-order chi connectivity index (χ0) is 27.1. The molecule has 38 heavy (non-hydrogen) atoms. The highest BCUT2D eigenvalue weighted by Crippen LogP contribution is 2.53. The van der Waals surface area contributed by atoms with E-state index in [1.807, 2.05) is 34.9 Å². The number of rotatable bonds is 9. The van der Waals surface area contributed by atoms with E-state index in [1.165, 1.54) is 0 Å². The number of fused-ring (bicyclic) bond motifs is 4. The number of halogens is 1. The quantitative estimate of drug-likeness (QED) is 0.172. The number of thiazole rings is 1. The Morgan fingerprint density at radius 1 is 0.947 bits per heavy atom. The first-order valence-corrected chi connectivity index (χ1v) is 17.1. The second-order valence-corrected chi connectivity index (χ2v) is 14.9. The predicted octanol–water partition coefficient (Wildman–Crippen LogP) is 6.17. The molecule has 2 heterocycles. The third-order valence-corrected chi connectivity index (χ3v) is 10.7. The smallest absolute Gasteiger partial charge is 0.265 e. The van der Waals surface area contributed by atoms with Crippen LogP contribution in [0, 0.1) is 0 Å². The van der Waals surface area contributed by atoms with Crippen LogP contribution in [0.2, 0.25) is 5.02 Å². The highest BCUT2D eigenvalue weighted by molar-refractivity contribution is 8.03. The summed E-state index contributed by atoms with van der Waals surface area (Å²) < 4.78 is 67.1. The summed E-state index contributed by atoms with van der Waals surface area (Å²) in [6, 6.07) is 17.8. The maximum Gasteiger partial charge on any atom is 0.265 e. The van der Waals surface area contributed by atoms with E-state index < -0.39 is 20.2 Å². The van der Waals surface area contributed by atoms with Gasteiger partial charge in [0, 0.05) is 39.3 Å². The zero-order valence-electron chi connectivity index (χ0n) is 20.1. The lowest BCUT2D eigenvalue weighted by Crippen LogP contribution is -2.36. The molecule has 7 nitrogen and oxygen atoms in total. The molecule has 200 valence electrons. The van der Waals surface area contributed by atoms with Gasteiger partial charge in [0.1, 0.15) is 4.70 Å². The molecule has 2 N–H and O–H groups in total. The second kappa shape index (κ2) is 10.9. The van der Waals surface area contributed by atoms with Crippen molar-refractivity contribution in [3.63, 3.8) is 0 Å². The Labute approximate surface area is 234 Å². The molecule has 1 unspecified atom stereocenters. The summed E-state index contributed by atoms with van der Waals surface area (Å²) >= 11 is 9.48. The van der Waals surface area contributed by atoms with Crippen molar-refractivity contribution in [2.24, 2.45) is 0 Å². The SMILES string of the molecule is O=S(=O)(O)CCCC1C(=Cc2sc3ccc(Cl)cc3[n+]2CCCS(=O)(=O)O)Sc2ccc3ccccc3c21. The van der Waals surface area contributed by atoms with Crippen LogP contribution < -0.4 is 4.57 Å². The van der Waals surface area contributed by atoms with Gasteiger partial charge in [-0.15, -0.1) is 0 Å². The van der Waals surface area contributed by atoms with Crippen molar-refractivity contribution in [1.29, 1.82) is 0 Å². The number of allylic oxidation sites excluding steroid dienone is 1. The molecule has 0 amide bonds. The van der Waals surface area contributed by atoms with Crippen LogP contribution in [0.1, 0.15) is 35.8 Å². The third-order valence-electron chi connectivity index (χ3n) is 6.49. The van der Waals surface area contributed by atoms with Gasteiger partial charge in [0.2, 0.25) is 5.52 Å². The van der Waals surface area contributed by atoms with E-state index in [4.69, 9.17) is 11.6 Å². The lowest BCUT2D eigenvalue weighted by molar-refractivity contribution is -0.668. The summed E-state index contributed by atoms with van der Waals surface area (Å²) in [7, 11) is -8.16. The molecule has 0 saturated heterocycles. The van der Waals surface area contributed by atoms with Gasteiger partial charge in [0.05, 0.1) is 11.5 Å². The van der Waals surface area contributed by atoms with Crippen LogP contribution in [0.4, 0.5) is 0 Å². The number of thioether (sulfide) groups is 1. The van der Waals surface area contributed by atoms with Crippen molar-refractivity contribution in [3.8, 4) is 0 Å². The lowest BCUT2D eigenvalue weighted by Gasteiger charge is -2.14. The predicted molar refractivity (Wildman–Crippen MR) is 154 cm³/mol. The minimum absolute atomic E-state index is 0.0667. The van der Waals surface area contributed by atoms with E-state index in [1.54, 1.807) is 23.1 Å². The normalized spacial score (nSPS) is 17.0. The van der Waals surface area contributed by atoms with Crippen LogP contribution in [-0.2, 0) is 26.8 Å². The summed E-state index contributed by atoms with van der Waals surface area (Å²) in [5.41, 5.74) is 2.02. The first-order chi connectivity index (χ1) is 18.0. The van der Waals surface area contributed by atoms with Gasteiger partial charge >= 0.3 is 0 Å². The Bertz CT molecular complexity index is 1780. The van der Waals surface area contributed by atoms with Crippen molar-refractivity contribution in [3.05, 3.63) is 75.1 Å². The molecule has 1 aliphatic rings. The van der Waals surface area contributed by atoms with Gasteiger partial charge in [-0.3, -0.25) is 9.11 Å². The molecule has 0 bridgehead atoms. The monoisotopic (exact) mass is 610 g/mol. The topological polar surface area (TPSA) is 113 Å². The van der Waals surface area contributed by atoms with E-state index in [-0.39, 0.29) is 23.8 Å². The molecule has 0 radical (unpaired) electrons. The van der Waals surface area contributed by atoms with Gasteiger partial charge in [-0.05, 0) is 47.4 Å². The van der Waals surface area contributed by atoms with Crippen molar-refractivity contribution < 1.29 is 30.5 Å². The van der Waals surface area contributed by atoms with E-state index in [2.05, 4.69) is 30.3 Å². The molecule has 0 fully saturated rings. The molecule has 4 aromatic rings. The molecule has 1 aromatic heterocycles. The Morgan fingerprint density at radius 3 is 2.45 bits per heavy atom. The Kier molecular flexibility index (Phi) is 7.89. The summed E-state index contributed by atoms with van der Waals surface area (Å²) in [6.07, 6.45) is 3.16. The molecule has 3 aromatic carbocycles. The molecule has 12 heteroatoms. The van der Waals surface area contributed by atoms with Crippen LogP contribution >= 0.6 is 34.7 Å². The maximum atomic E-state index is 11.4. The number of benzene rings is 3. The van der Waals surface area contributed by atoms with Crippen molar-refractivity contribution in [1.82, 2.24) is 0 Å². The molecular formula is C26H25ClNO6S4+. The number of nitrogens with zero attached hydrogens (tertiary/aromatic N) is 1. The van der Waals surface area contributed by atoms with Crippen LogP contribution in [0.15, 0.2) is 64.4 Å². The fourth-order valence-electron chi connectivity index (χ4n) is 4.89. The minimum atomic E-state index is -4.09. The summed E-state index contributed by atoms with van der Waals surface area (Å²) in [5, 5.41) is 3.68. The largest absolute Gasteiger partial charge is 0.286 e. The van der Waals surface area contributed by atoms with E-state index >= 15 is 0 Å². The number of hydrogen-bond donors (Lipinski definition) is 2. The van der Waals surface area contributed by atoms with Gasteiger partial charge in [-0.1, -0.05) is 65.0 Å². The second-order valence-electron chi connectivity index (χ2n) is 9.17. The average molecular weight is 611 g/mol. The first kappa shape index (κ1) is 27.6. The fourth-order valence-corrected chi connectivity index (χ4v) is 8.58. The Balaban J connectivity index is 1.59. The van der Waals surface area contributed by atoms with Crippen LogP contribution in [-0.4, -0.2) is 37.4 Å². The Morgan fingerprint density at radius 2 is 1.68 bits per heavy atom. The van der Waals surface area contributed by atoms with Crippen molar-refractivity contribution >= 4 is 82.0 Å². The molecule has 1 atom stereocenters. The number of aromatic nitrogens is 1. The molecular weight excluding hydrogens is 586 g/mol. The Hall–Kier alpha value is -1.99. The summed E-state index contributed by atoms with van der Waals surface area (Å²) in [6.45, 7) is 0.368. The molecule has 5 rings (SSSR count). The highest BCUT2D eigenvalue weighted by atomic mass is 35.5.